The highest BCUT2D eigenvalue weighted by molar-refractivity contribution is 7.15. The molecule has 8 nitrogen and oxygen atoms in total. The van der Waals surface area contributed by atoms with E-state index in [4.69, 9.17) is 14.2 Å². The molecule has 0 atom stereocenters. The molecule has 0 saturated carbocycles. The van der Waals surface area contributed by atoms with Crippen LogP contribution in [0.1, 0.15) is 23.2 Å². The maximum atomic E-state index is 13.2. The van der Waals surface area contributed by atoms with Crippen molar-refractivity contribution in [2.45, 2.75) is 18.6 Å². The van der Waals surface area contributed by atoms with E-state index in [0.717, 1.165) is 11.3 Å². The van der Waals surface area contributed by atoms with Crippen LogP contribution in [0.3, 0.4) is 0 Å². The first-order valence-electron chi connectivity index (χ1n) is 9.81. The van der Waals surface area contributed by atoms with Gasteiger partial charge in [-0.2, -0.15) is 0 Å². The Morgan fingerprint density at radius 3 is 2.53 bits per heavy atom. The van der Waals surface area contributed by atoms with Crippen molar-refractivity contribution < 1.29 is 19.0 Å². The number of carbonyl (C=O) groups is 1. The first-order valence-corrected chi connectivity index (χ1v) is 10.7. The van der Waals surface area contributed by atoms with E-state index in [1.165, 1.54) is 21.9 Å². The minimum Gasteiger partial charge on any atom is -0.497 e. The van der Waals surface area contributed by atoms with Crippen LogP contribution >= 0.6 is 11.3 Å². The predicted molar refractivity (Wildman–Crippen MR) is 111 cm³/mol. The largest absolute Gasteiger partial charge is 0.497 e. The molecule has 5 rings (SSSR count). The van der Waals surface area contributed by atoms with Gasteiger partial charge in [0.05, 0.1) is 26.0 Å². The van der Waals surface area contributed by atoms with E-state index >= 15 is 0 Å². The summed E-state index contributed by atoms with van der Waals surface area (Å²) in [7, 11) is 1.61. The summed E-state index contributed by atoms with van der Waals surface area (Å²) >= 11 is 1.36. The number of rotatable bonds is 3. The summed E-state index contributed by atoms with van der Waals surface area (Å²) in [4.78, 5) is 32.9. The van der Waals surface area contributed by atoms with Gasteiger partial charge in [-0.1, -0.05) is 0 Å². The molecule has 0 unspecified atom stereocenters. The molecule has 156 valence electrons. The topological polar surface area (TPSA) is 82.4 Å². The monoisotopic (exact) mass is 427 g/mol. The molecule has 2 aliphatic heterocycles. The molecule has 3 aromatic rings. The van der Waals surface area contributed by atoms with E-state index in [1.54, 1.807) is 12.0 Å². The summed E-state index contributed by atoms with van der Waals surface area (Å²) < 4.78 is 18.2. The third-order valence-corrected chi connectivity index (χ3v) is 6.53. The molecule has 0 aliphatic carbocycles. The number of methoxy groups -OCH3 is 1. The Balaban J connectivity index is 1.46. The zero-order chi connectivity index (χ0) is 20.7. The highest BCUT2D eigenvalue weighted by Gasteiger charge is 2.41. The number of hydrogen-bond donors (Lipinski definition) is 0. The molecule has 0 bridgehead atoms. The van der Waals surface area contributed by atoms with Crippen molar-refractivity contribution in [2.75, 3.05) is 33.4 Å². The quantitative estimate of drug-likeness (QED) is 0.639. The first-order chi connectivity index (χ1) is 14.6. The number of thiazole rings is 1. The zero-order valence-corrected chi connectivity index (χ0v) is 17.3. The lowest BCUT2D eigenvalue weighted by molar-refractivity contribution is -0.181. The van der Waals surface area contributed by atoms with E-state index < -0.39 is 5.79 Å². The van der Waals surface area contributed by atoms with Crippen LogP contribution in [0.5, 0.6) is 5.75 Å². The predicted octanol–water partition coefficient (Wildman–Crippen LogP) is 2.41. The van der Waals surface area contributed by atoms with Crippen molar-refractivity contribution in [3.63, 3.8) is 0 Å². The Kier molecular flexibility index (Phi) is 4.80. The van der Waals surface area contributed by atoms with Gasteiger partial charge in [0.1, 0.15) is 11.3 Å². The summed E-state index contributed by atoms with van der Waals surface area (Å²) in [5.41, 5.74) is 1.27. The van der Waals surface area contributed by atoms with Gasteiger partial charge in [-0.15, -0.1) is 11.3 Å². The molecule has 1 amide bonds. The number of likely N-dealkylation sites (tertiary alicyclic amines) is 1. The van der Waals surface area contributed by atoms with E-state index in [0.29, 0.717) is 49.8 Å². The fourth-order valence-corrected chi connectivity index (χ4v) is 4.87. The summed E-state index contributed by atoms with van der Waals surface area (Å²) in [5, 5.41) is 1.87. The molecule has 1 spiro atoms. The molecular formula is C21H21N3O5S. The molecule has 9 heteroatoms. The molecule has 0 N–H and O–H groups in total. The SMILES string of the molecule is COc1ccc(-c2csc3ncc(C(=O)N4CCC5(CC4)OCCO5)c(=O)n23)cc1. The number of amides is 1. The normalized spacial score (nSPS) is 18.2. The second kappa shape index (κ2) is 7.50. The summed E-state index contributed by atoms with van der Waals surface area (Å²) in [5.74, 6) is -0.137. The van der Waals surface area contributed by atoms with Crippen molar-refractivity contribution in [3.8, 4) is 17.0 Å². The van der Waals surface area contributed by atoms with Crippen LogP contribution in [0, 0.1) is 0 Å². The van der Waals surface area contributed by atoms with Gasteiger partial charge in [-0.05, 0) is 29.8 Å². The lowest BCUT2D eigenvalue weighted by atomic mass is 10.0. The number of ether oxygens (including phenoxy) is 3. The van der Waals surface area contributed by atoms with Crippen LogP contribution in [-0.4, -0.2) is 59.4 Å². The average Bonchev–Trinajstić information content (AvgIpc) is 3.42. The summed E-state index contributed by atoms with van der Waals surface area (Å²) in [6, 6.07) is 7.44. The number of benzene rings is 1. The summed E-state index contributed by atoms with van der Waals surface area (Å²) in [6.07, 6.45) is 2.60. The number of aromatic nitrogens is 2. The van der Waals surface area contributed by atoms with Gasteiger partial charge in [0, 0.05) is 37.5 Å². The number of nitrogens with zero attached hydrogens (tertiary/aromatic N) is 3. The van der Waals surface area contributed by atoms with E-state index in [-0.39, 0.29) is 17.0 Å². The van der Waals surface area contributed by atoms with Crippen molar-refractivity contribution in [1.82, 2.24) is 14.3 Å². The Morgan fingerprint density at radius 2 is 1.87 bits per heavy atom. The Labute approximate surface area is 176 Å². The smallest absolute Gasteiger partial charge is 0.271 e. The van der Waals surface area contributed by atoms with Crippen LogP contribution in [-0.2, 0) is 9.47 Å². The Bertz CT molecular complexity index is 1140. The molecular weight excluding hydrogens is 406 g/mol. The molecule has 0 radical (unpaired) electrons. The van der Waals surface area contributed by atoms with Crippen LogP contribution < -0.4 is 10.3 Å². The van der Waals surface area contributed by atoms with Crippen molar-refractivity contribution in [3.05, 3.63) is 51.8 Å². The minimum absolute atomic E-state index is 0.0740. The van der Waals surface area contributed by atoms with Crippen LogP contribution in [0.15, 0.2) is 40.6 Å². The molecule has 2 aliphatic rings. The van der Waals surface area contributed by atoms with Gasteiger partial charge in [0.15, 0.2) is 10.7 Å². The van der Waals surface area contributed by atoms with Gasteiger partial charge >= 0.3 is 0 Å². The van der Waals surface area contributed by atoms with Crippen LogP contribution in [0.25, 0.3) is 16.2 Å². The van der Waals surface area contributed by atoms with E-state index in [9.17, 15) is 9.59 Å². The lowest BCUT2D eigenvalue weighted by Crippen LogP contribution is -2.48. The minimum atomic E-state index is -0.567. The maximum absolute atomic E-state index is 13.2. The number of hydrogen-bond acceptors (Lipinski definition) is 7. The standard InChI is InChI=1S/C21H21N3O5S/c1-27-15-4-2-14(3-5-15)17-13-30-20-22-12-16(19(26)24(17)20)18(25)23-8-6-21(7-9-23)28-10-11-29-21/h2-5,12-13H,6-11H2,1H3. The molecule has 2 aromatic heterocycles. The number of fused-ring (bicyclic) bond motifs is 1. The first kappa shape index (κ1) is 19.2. The fraction of sp³-hybridized carbons (Fsp3) is 0.381. The van der Waals surface area contributed by atoms with Crippen LogP contribution in [0.4, 0.5) is 0 Å². The van der Waals surface area contributed by atoms with Crippen LogP contribution in [0.2, 0.25) is 0 Å². The van der Waals surface area contributed by atoms with Gasteiger partial charge in [-0.25, -0.2) is 4.98 Å². The molecule has 1 aromatic carbocycles. The zero-order valence-electron chi connectivity index (χ0n) is 16.5. The highest BCUT2D eigenvalue weighted by Crippen LogP contribution is 2.32. The van der Waals surface area contributed by atoms with Crippen molar-refractivity contribution in [1.29, 1.82) is 0 Å². The molecule has 2 fully saturated rings. The highest BCUT2D eigenvalue weighted by atomic mass is 32.1. The number of piperidine rings is 1. The number of carbonyl (C=O) groups excluding carboxylic acids is 1. The van der Waals surface area contributed by atoms with Gasteiger partial charge in [0.2, 0.25) is 0 Å². The van der Waals surface area contributed by atoms with E-state index in [1.807, 2.05) is 29.6 Å². The second-order valence-corrected chi connectivity index (χ2v) is 8.18. The molecule has 2 saturated heterocycles. The van der Waals surface area contributed by atoms with Gasteiger partial charge < -0.3 is 19.1 Å². The maximum Gasteiger partial charge on any atom is 0.271 e. The van der Waals surface area contributed by atoms with Crippen molar-refractivity contribution >= 4 is 22.2 Å². The fourth-order valence-electron chi connectivity index (χ4n) is 4.01. The molecule has 4 heterocycles. The third kappa shape index (κ3) is 3.19. The summed E-state index contributed by atoms with van der Waals surface area (Å²) in [6.45, 7) is 2.14. The second-order valence-electron chi connectivity index (χ2n) is 7.34. The van der Waals surface area contributed by atoms with E-state index in [2.05, 4.69) is 4.98 Å². The average molecular weight is 427 g/mol. The Hall–Kier alpha value is -2.75. The Morgan fingerprint density at radius 1 is 1.17 bits per heavy atom. The van der Waals surface area contributed by atoms with Gasteiger partial charge in [0.25, 0.3) is 11.5 Å². The van der Waals surface area contributed by atoms with Gasteiger partial charge in [-0.3, -0.25) is 14.0 Å². The third-order valence-electron chi connectivity index (χ3n) is 5.69. The lowest BCUT2D eigenvalue weighted by Gasteiger charge is -2.37. The molecule has 30 heavy (non-hydrogen) atoms. The van der Waals surface area contributed by atoms with Crippen molar-refractivity contribution in [2.24, 2.45) is 0 Å².